The number of rotatable bonds is 2. The number of nitrogens with one attached hydrogen (secondary N) is 2. The second kappa shape index (κ2) is 5.03. The molecule has 1 aliphatic rings. The minimum atomic E-state index is -0.156. The quantitative estimate of drug-likeness (QED) is 0.762. The molecule has 1 aliphatic heterocycles. The number of carbonyl (C=O) groups excluding carboxylic acids is 1. The number of aryl methyl sites for hydroxylation is 2. The standard InChI is InChI=1S/C16H13ClN4O/c17-10-1-3-11(4-2-10)20-16(22)12-9-19-13-5-7-21-8-6-18-15(21)14(12)13/h1-4,6,8-9,19H,5,7H2,(H,20,22). The topological polar surface area (TPSA) is 62.7 Å². The molecule has 3 aromatic rings. The maximum atomic E-state index is 12.6. The Labute approximate surface area is 131 Å². The molecule has 1 aromatic carbocycles. The molecule has 0 atom stereocenters. The van der Waals surface area contributed by atoms with Crippen LogP contribution in [0.2, 0.25) is 5.02 Å². The number of anilines is 1. The second-order valence-electron chi connectivity index (χ2n) is 5.21. The smallest absolute Gasteiger partial charge is 0.257 e. The van der Waals surface area contributed by atoms with E-state index < -0.39 is 0 Å². The van der Waals surface area contributed by atoms with E-state index in [1.165, 1.54) is 0 Å². The Morgan fingerprint density at radius 2 is 2.14 bits per heavy atom. The Hall–Kier alpha value is -2.53. The van der Waals surface area contributed by atoms with Gasteiger partial charge in [-0.2, -0.15) is 0 Å². The molecule has 1 amide bonds. The van der Waals surface area contributed by atoms with Gasteiger partial charge in [0.05, 0.1) is 11.1 Å². The summed E-state index contributed by atoms with van der Waals surface area (Å²) in [6.45, 7) is 0.876. The number of nitrogens with zero attached hydrogens (tertiary/aromatic N) is 2. The Morgan fingerprint density at radius 3 is 2.95 bits per heavy atom. The van der Waals surface area contributed by atoms with Crippen molar-refractivity contribution in [2.24, 2.45) is 0 Å². The lowest BCUT2D eigenvalue weighted by Crippen LogP contribution is -2.15. The van der Waals surface area contributed by atoms with Crippen LogP contribution in [-0.4, -0.2) is 20.4 Å². The van der Waals surface area contributed by atoms with E-state index in [1.54, 1.807) is 36.7 Å². The summed E-state index contributed by atoms with van der Waals surface area (Å²) in [7, 11) is 0. The fraction of sp³-hybridized carbons (Fsp3) is 0.125. The van der Waals surface area contributed by atoms with Crippen LogP contribution in [0.1, 0.15) is 16.1 Å². The van der Waals surface area contributed by atoms with Crippen molar-refractivity contribution in [2.45, 2.75) is 13.0 Å². The van der Waals surface area contributed by atoms with Gasteiger partial charge in [0.2, 0.25) is 0 Å². The van der Waals surface area contributed by atoms with Crippen LogP contribution in [0.25, 0.3) is 11.4 Å². The molecule has 0 fully saturated rings. The van der Waals surface area contributed by atoms with Crippen molar-refractivity contribution in [1.82, 2.24) is 14.5 Å². The number of carbonyl (C=O) groups is 1. The van der Waals surface area contributed by atoms with Crippen molar-refractivity contribution < 1.29 is 4.79 Å². The molecule has 3 heterocycles. The molecule has 0 aliphatic carbocycles. The number of halogens is 1. The van der Waals surface area contributed by atoms with E-state index in [-0.39, 0.29) is 5.91 Å². The normalized spacial score (nSPS) is 12.6. The lowest BCUT2D eigenvalue weighted by atomic mass is 10.0. The van der Waals surface area contributed by atoms with Gasteiger partial charge in [-0.05, 0) is 24.3 Å². The third-order valence-electron chi connectivity index (χ3n) is 3.85. The van der Waals surface area contributed by atoms with E-state index in [1.807, 2.05) is 6.20 Å². The lowest BCUT2D eigenvalue weighted by molar-refractivity contribution is 0.102. The van der Waals surface area contributed by atoms with Crippen LogP contribution < -0.4 is 5.32 Å². The molecule has 2 aromatic heterocycles. The van der Waals surface area contributed by atoms with Crippen LogP contribution in [0.5, 0.6) is 0 Å². The zero-order chi connectivity index (χ0) is 15.1. The zero-order valence-corrected chi connectivity index (χ0v) is 12.4. The predicted molar refractivity (Wildman–Crippen MR) is 85.1 cm³/mol. The maximum absolute atomic E-state index is 12.6. The number of hydrogen-bond acceptors (Lipinski definition) is 2. The summed E-state index contributed by atoms with van der Waals surface area (Å²) < 4.78 is 2.06. The van der Waals surface area contributed by atoms with E-state index in [2.05, 4.69) is 19.9 Å². The van der Waals surface area contributed by atoms with Gasteiger partial charge in [-0.3, -0.25) is 4.79 Å². The summed E-state index contributed by atoms with van der Waals surface area (Å²) in [6, 6.07) is 7.05. The third kappa shape index (κ3) is 2.10. The van der Waals surface area contributed by atoms with E-state index in [0.717, 1.165) is 30.0 Å². The van der Waals surface area contributed by atoms with Crippen LogP contribution in [0.3, 0.4) is 0 Å². The molecule has 0 spiro atoms. The van der Waals surface area contributed by atoms with E-state index in [9.17, 15) is 4.79 Å². The molecule has 22 heavy (non-hydrogen) atoms. The molecule has 0 saturated carbocycles. The summed E-state index contributed by atoms with van der Waals surface area (Å²) in [4.78, 5) is 20.1. The van der Waals surface area contributed by atoms with Crippen LogP contribution >= 0.6 is 11.6 Å². The highest BCUT2D eigenvalue weighted by atomic mass is 35.5. The summed E-state index contributed by atoms with van der Waals surface area (Å²) >= 11 is 5.86. The van der Waals surface area contributed by atoms with Gasteiger partial charge < -0.3 is 14.9 Å². The Kier molecular flexibility index (Phi) is 3.01. The Morgan fingerprint density at radius 1 is 1.32 bits per heavy atom. The molecule has 4 rings (SSSR count). The molecular weight excluding hydrogens is 300 g/mol. The first-order chi connectivity index (χ1) is 10.7. The van der Waals surface area contributed by atoms with Crippen molar-refractivity contribution >= 4 is 23.2 Å². The summed E-state index contributed by atoms with van der Waals surface area (Å²) in [5, 5.41) is 3.53. The number of fused-ring (bicyclic) bond motifs is 3. The molecule has 2 N–H and O–H groups in total. The third-order valence-corrected chi connectivity index (χ3v) is 4.10. The number of imidazole rings is 1. The van der Waals surface area contributed by atoms with E-state index >= 15 is 0 Å². The lowest BCUT2D eigenvalue weighted by Gasteiger charge is -2.15. The molecule has 0 bridgehead atoms. The van der Waals surface area contributed by atoms with Gasteiger partial charge in [0.15, 0.2) is 0 Å². The number of aromatic amines is 1. The number of amides is 1. The van der Waals surface area contributed by atoms with Crippen molar-refractivity contribution in [2.75, 3.05) is 5.32 Å². The monoisotopic (exact) mass is 312 g/mol. The van der Waals surface area contributed by atoms with Gasteiger partial charge in [0.1, 0.15) is 5.82 Å². The summed E-state index contributed by atoms with van der Waals surface area (Å²) in [6.07, 6.45) is 6.32. The SMILES string of the molecule is O=C(Nc1ccc(Cl)cc1)c1c[nH]c2c1-c1nccn1CC2. The van der Waals surface area contributed by atoms with Crippen molar-refractivity contribution in [3.63, 3.8) is 0 Å². The van der Waals surface area contributed by atoms with Gasteiger partial charge in [-0.25, -0.2) is 4.98 Å². The average Bonchev–Trinajstić information content (AvgIpc) is 3.14. The predicted octanol–water partition coefficient (Wildman–Crippen LogP) is 3.34. The summed E-state index contributed by atoms with van der Waals surface area (Å²) in [5.41, 5.74) is 3.27. The minimum Gasteiger partial charge on any atom is -0.364 e. The molecule has 5 nitrogen and oxygen atoms in total. The average molecular weight is 313 g/mol. The van der Waals surface area contributed by atoms with Gasteiger partial charge in [0, 0.05) is 48.0 Å². The Balaban J connectivity index is 1.68. The highest BCUT2D eigenvalue weighted by molar-refractivity contribution is 6.30. The van der Waals surface area contributed by atoms with Crippen LogP contribution in [0, 0.1) is 0 Å². The second-order valence-corrected chi connectivity index (χ2v) is 5.65. The number of hydrogen-bond donors (Lipinski definition) is 2. The van der Waals surface area contributed by atoms with E-state index in [0.29, 0.717) is 16.3 Å². The molecule has 0 radical (unpaired) electrons. The van der Waals surface area contributed by atoms with Gasteiger partial charge >= 0.3 is 0 Å². The first kappa shape index (κ1) is 13.2. The number of H-pyrrole nitrogens is 1. The fourth-order valence-corrected chi connectivity index (χ4v) is 2.91. The zero-order valence-electron chi connectivity index (χ0n) is 11.6. The van der Waals surface area contributed by atoms with Crippen molar-refractivity contribution in [3.05, 3.63) is 59.1 Å². The highest BCUT2D eigenvalue weighted by Gasteiger charge is 2.25. The number of benzene rings is 1. The minimum absolute atomic E-state index is 0.156. The van der Waals surface area contributed by atoms with Gasteiger partial charge in [-0.15, -0.1) is 0 Å². The van der Waals surface area contributed by atoms with Gasteiger partial charge in [0.25, 0.3) is 5.91 Å². The molecule has 0 saturated heterocycles. The van der Waals surface area contributed by atoms with E-state index in [4.69, 9.17) is 11.6 Å². The van der Waals surface area contributed by atoms with Crippen molar-refractivity contribution in [1.29, 1.82) is 0 Å². The largest absolute Gasteiger partial charge is 0.364 e. The maximum Gasteiger partial charge on any atom is 0.257 e. The first-order valence-corrected chi connectivity index (χ1v) is 7.39. The number of aromatic nitrogens is 3. The summed E-state index contributed by atoms with van der Waals surface area (Å²) in [5.74, 6) is 0.681. The van der Waals surface area contributed by atoms with Gasteiger partial charge in [-0.1, -0.05) is 11.6 Å². The molecule has 0 unspecified atom stereocenters. The molecular formula is C16H13ClN4O. The van der Waals surface area contributed by atoms with Crippen LogP contribution in [0.4, 0.5) is 5.69 Å². The molecule has 6 heteroatoms. The van der Waals surface area contributed by atoms with Crippen LogP contribution in [-0.2, 0) is 13.0 Å². The molecule has 110 valence electrons. The van der Waals surface area contributed by atoms with Crippen LogP contribution in [0.15, 0.2) is 42.9 Å². The fourth-order valence-electron chi connectivity index (χ4n) is 2.78. The first-order valence-electron chi connectivity index (χ1n) is 7.01. The Bertz CT molecular complexity index is 847. The highest BCUT2D eigenvalue weighted by Crippen LogP contribution is 2.31. The van der Waals surface area contributed by atoms with Crippen molar-refractivity contribution in [3.8, 4) is 11.4 Å².